The monoisotopic (exact) mass is 413 g/mol. The number of unbranched alkanes of at least 4 members (excludes halogenated alkanes) is 3. The largest absolute Gasteiger partial charge is 0.491 e. The fourth-order valence-electron chi connectivity index (χ4n) is 3.65. The maximum Gasteiger partial charge on any atom is 0.223 e. The molecule has 2 heterocycles. The highest BCUT2D eigenvalue weighted by molar-refractivity contribution is 6.31. The van der Waals surface area contributed by atoms with Crippen LogP contribution in [0.3, 0.4) is 0 Å². The summed E-state index contributed by atoms with van der Waals surface area (Å²) in [6, 6.07) is 9.39. The quantitative estimate of drug-likeness (QED) is 0.458. The number of rotatable bonds is 10. The number of ether oxygens (including phenoxy) is 1. The van der Waals surface area contributed by atoms with Crippen LogP contribution in [0.15, 0.2) is 47.5 Å². The maximum absolute atomic E-state index is 11.9. The number of aryl methyl sites for hydroxylation is 1. The second-order valence-electron chi connectivity index (χ2n) is 7.07. The van der Waals surface area contributed by atoms with Gasteiger partial charge in [0, 0.05) is 47.6 Å². The Balaban J connectivity index is 1.44. The summed E-state index contributed by atoms with van der Waals surface area (Å²) in [6.45, 7) is 3.88. The number of methoxy groups -OCH3 is 1. The van der Waals surface area contributed by atoms with E-state index in [2.05, 4.69) is 21.8 Å². The molecule has 0 amide bonds. The summed E-state index contributed by atoms with van der Waals surface area (Å²) in [5.74, 6) is 0.477. The second-order valence-corrected chi connectivity index (χ2v) is 7.50. The fourth-order valence-corrected chi connectivity index (χ4v) is 3.81. The van der Waals surface area contributed by atoms with E-state index in [1.165, 1.54) is 0 Å². The van der Waals surface area contributed by atoms with Crippen molar-refractivity contribution < 1.29 is 4.74 Å². The van der Waals surface area contributed by atoms with Gasteiger partial charge in [-0.15, -0.1) is 0 Å². The minimum Gasteiger partial charge on any atom is -0.491 e. The van der Waals surface area contributed by atoms with E-state index in [1.54, 1.807) is 13.2 Å². The molecule has 0 atom stereocenters. The Kier molecular flexibility index (Phi) is 7.53. The first kappa shape index (κ1) is 21.2. The van der Waals surface area contributed by atoms with Gasteiger partial charge in [-0.2, -0.15) is 0 Å². The summed E-state index contributed by atoms with van der Waals surface area (Å²) in [4.78, 5) is 16.3. The molecule has 3 rings (SSSR count). The summed E-state index contributed by atoms with van der Waals surface area (Å²) in [7, 11) is 1.56. The molecule has 6 heteroatoms. The van der Waals surface area contributed by atoms with Crippen molar-refractivity contribution in [2.24, 2.45) is 0 Å². The van der Waals surface area contributed by atoms with Gasteiger partial charge in [0.05, 0.1) is 18.3 Å². The molecule has 0 spiro atoms. The molecule has 0 radical (unpaired) electrons. The highest BCUT2D eigenvalue weighted by Gasteiger charge is 2.09. The van der Waals surface area contributed by atoms with E-state index in [4.69, 9.17) is 16.3 Å². The summed E-state index contributed by atoms with van der Waals surface area (Å²) in [5.41, 5.74) is 2.94. The van der Waals surface area contributed by atoms with Crippen LogP contribution < -0.4 is 15.5 Å². The highest BCUT2D eigenvalue weighted by Crippen LogP contribution is 2.24. The molecule has 0 fully saturated rings. The molecule has 0 unspecified atom stereocenters. The van der Waals surface area contributed by atoms with Gasteiger partial charge in [-0.25, -0.2) is 0 Å². The van der Waals surface area contributed by atoms with Crippen molar-refractivity contribution in [1.82, 2.24) is 9.55 Å². The van der Waals surface area contributed by atoms with Gasteiger partial charge in [-0.1, -0.05) is 31.4 Å². The Morgan fingerprint density at radius 2 is 1.97 bits per heavy atom. The third-order valence-corrected chi connectivity index (χ3v) is 5.36. The van der Waals surface area contributed by atoms with Crippen molar-refractivity contribution in [2.75, 3.05) is 19.0 Å². The smallest absolute Gasteiger partial charge is 0.223 e. The number of benzene rings is 1. The van der Waals surface area contributed by atoms with Crippen molar-refractivity contribution >= 4 is 28.2 Å². The normalized spacial score (nSPS) is 11.0. The lowest BCUT2D eigenvalue weighted by Crippen LogP contribution is -2.15. The second kappa shape index (κ2) is 10.3. The molecule has 154 valence electrons. The first-order valence-corrected chi connectivity index (χ1v) is 10.6. The fraction of sp³-hybridized carbons (Fsp3) is 0.391. The Bertz CT molecular complexity index is 1020. The number of pyridine rings is 2. The van der Waals surface area contributed by atoms with Crippen LogP contribution in [-0.4, -0.2) is 23.2 Å². The average molecular weight is 414 g/mol. The number of anilines is 1. The molecule has 2 aromatic heterocycles. The molecule has 0 aliphatic rings. The zero-order valence-electron chi connectivity index (χ0n) is 17.1. The van der Waals surface area contributed by atoms with Crippen molar-refractivity contribution in [3.63, 3.8) is 0 Å². The Hall–Kier alpha value is -2.53. The zero-order chi connectivity index (χ0) is 20.6. The van der Waals surface area contributed by atoms with Crippen LogP contribution in [0.25, 0.3) is 10.9 Å². The molecular formula is C23H28ClN3O2. The van der Waals surface area contributed by atoms with Gasteiger partial charge >= 0.3 is 0 Å². The molecule has 5 nitrogen and oxygen atoms in total. The van der Waals surface area contributed by atoms with E-state index >= 15 is 0 Å². The van der Waals surface area contributed by atoms with Gasteiger partial charge < -0.3 is 14.6 Å². The number of fused-ring (bicyclic) bond motifs is 1. The van der Waals surface area contributed by atoms with E-state index in [9.17, 15) is 4.79 Å². The first-order valence-electron chi connectivity index (χ1n) is 10.2. The summed E-state index contributed by atoms with van der Waals surface area (Å²) in [6.07, 6.45) is 8.96. The van der Waals surface area contributed by atoms with Gasteiger partial charge in [0.25, 0.3) is 0 Å². The molecule has 1 aromatic carbocycles. The molecule has 1 N–H and O–H groups in total. The van der Waals surface area contributed by atoms with Crippen LogP contribution >= 0.6 is 11.6 Å². The summed E-state index contributed by atoms with van der Waals surface area (Å²) in [5, 5.41) is 5.31. The third kappa shape index (κ3) is 5.30. The standard InChI is InChI=1S/C23H28ClN3O2/c1-3-21-23(29-2)22(28)11-15-27(21)14-7-5-4-6-12-25-19-10-13-26-20-16-17(24)8-9-18(19)20/h8-11,13,15-16H,3-7,12,14H2,1-2H3,(H,25,26). The molecular weight excluding hydrogens is 386 g/mol. The van der Waals surface area contributed by atoms with Crippen LogP contribution in [0.1, 0.15) is 38.3 Å². The lowest BCUT2D eigenvalue weighted by molar-refractivity contribution is 0.395. The predicted molar refractivity (Wildman–Crippen MR) is 120 cm³/mol. The average Bonchev–Trinajstić information content (AvgIpc) is 2.73. The molecule has 0 bridgehead atoms. The maximum atomic E-state index is 11.9. The van der Waals surface area contributed by atoms with Crippen molar-refractivity contribution in [3.8, 4) is 5.75 Å². The Labute approximate surface area is 176 Å². The van der Waals surface area contributed by atoms with Crippen molar-refractivity contribution in [3.05, 3.63) is 63.7 Å². The number of aromatic nitrogens is 2. The van der Waals surface area contributed by atoms with Gasteiger partial charge in [-0.3, -0.25) is 9.78 Å². The van der Waals surface area contributed by atoms with Crippen LogP contribution in [0.4, 0.5) is 5.69 Å². The van der Waals surface area contributed by atoms with Gasteiger partial charge in [0.2, 0.25) is 5.43 Å². The minimum atomic E-state index is -0.0439. The lowest BCUT2D eigenvalue weighted by atomic mass is 10.1. The van der Waals surface area contributed by atoms with E-state index < -0.39 is 0 Å². The molecule has 0 aliphatic carbocycles. The molecule has 0 aliphatic heterocycles. The van der Waals surface area contributed by atoms with Crippen LogP contribution in [-0.2, 0) is 13.0 Å². The van der Waals surface area contributed by atoms with Crippen LogP contribution in [0.5, 0.6) is 5.75 Å². The molecule has 0 saturated carbocycles. The van der Waals surface area contributed by atoms with Gasteiger partial charge in [0.15, 0.2) is 5.75 Å². The van der Waals surface area contributed by atoms with Gasteiger partial charge in [-0.05, 0) is 43.5 Å². The van der Waals surface area contributed by atoms with Crippen LogP contribution in [0, 0.1) is 0 Å². The highest BCUT2D eigenvalue weighted by atomic mass is 35.5. The predicted octanol–water partition coefficient (Wildman–Crippen LogP) is 5.29. The summed E-state index contributed by atoms with van der Waals surface area (Å²) < 4.78 is 7.44. The van der Waals surface area contributed by atoms with Crippen molar-refractivity contribution in [1.29, 1.82) is 0 Å². The minimum absolute atomic E-state index is 0.0439. The number of nitrogens with one attached hydrogen (secondary N) is 1. The first-order chi connectivity index (χ1) is 14.1. The van der Waals surface area contributed by atoms with Crippen LogP contribution in [0.2, 0.25) is 5.02 Å². The topological polar surface area (TPSA) is 56.1 Å². The Morgan fingerprint density at radius 3 is 2.76 bits per heavy atom. The SMILES string of the molecule is CCc1c(OC)c(=O)ccn1CCCCCCNc1ccnc2cc(Cl)ccc12. The number of hydrogen-bond donors (Lipinski definition) is 1. The number of hydrogen-bond acceptors (Lipinski definition) is 4. The van der Waals surface area contributed by atoms with E-state index in [0.717, 1.165) is 67.5 Å². The molecule has 3 aromatic rings. The lowest BCUT2D eigenvalue weighted by Gasteiger charge is -2.15. The number of nitrogens with zero attached hydrogens (tertiary/aromatic N) is 2. The molecule has 29 heavy (non-hydrogen) atoms. The van der Waals surface area contributed by atoms with E-state index in [-0.39, 0.29) is 5.43 Å². The van der Waals surface area contributed by atoms with E-state index in [1.807, 2.05) is 36.7 Å². The van der Waals surface area contributed by atoms with Gasteiger partial charge in [0.1, 0.15) is 0 Å². The molecule has 0 saturated heterocycles. The Morgan fingerprint density at radius 1 is 1.14 bits per heavy atom. The third-order valence-electron chi connectivity index (χ3n) is 5.12. The summed E-state index contributed by atoms with van der Waals surface area (Å²) >= 11 is 6.05. The van der Waals surface area contributed by atoms with E-state index in [0.29, 0.717) is 10.8 Å². The van der Waals surface area contributed by atoms with Crippen molar-refractivity contribution in [2.45, 2.75) is 45.6 Å². The zero-order valence-corrected chi connectivity index (χ0v) is 17.8. The number of halogens is 1.